The van der Waals surface area contributed by atoms with E-state index in [1.165, 1.54) is 30.5 Å². The fourth-order valence-electron chi connectivity index (χ4n) is 3.55. The third kappa shape index (κ3) is 2.90. The number of hydrogen-bond acceptors (Lipinski definition) is 5. The number of nitrogens with zero attached hydrogens (tertiary/aromatic N) is 3. The van der Waals surface area contributed by atoms with Gasteiger partial charge in [-0.2, -0.15) is 5.10 Å². The summed E-state index contributed by atoms with van der Waals surface area (Å²) < 4.78 is 5.39. The first-order valence-corrected chi connectivity index (χ1v) is 8.30. The fraction of sp³-hybridized carbons (Fsp3) is 0.750. The van der Waals surface area contributed by atoms with Crippen LogP contribution in [0.1, 0.15) is 30.5 Å². The maximum Gasteiger partial charge on any atom is 0.151 e. The molecular weight excluding hydrogens is 264 g/mol. The number of aromatic nitrogens is 2. The van der Waals surface area contributed by atoms with Crippen LogP contribution in [0, 0.1) is 5.92 Å². The van der Waals surface area contributed by atoms with Crippen molar-refractivity contribution in [1.82, 2.24) is 15.5 Å². The van der Waals surface area contributed by atoms with Crippen LogP contribution < -0.4 is 10.2 Å². The Hall–Kier alpha value is -1.20. The molecule has 5 heteroatoms. The Labute approximate surface area is 126 Å². The summed E-state index contributed by atoms with van der Waals surface area (Å²) in [6.45, 7) is 5.11. The average molecular weight is 288 g/mol. The minimum absolute atomic E-state index is 0.572. The Balaban J connectivity index is 1.29. The van der Waals surface area contributed by atoms with Crippen molar-refractivity contribution >= 4 is 5.82 Å². The van der Waals surface area contributed by atoms with Crippen molar-refractivity contribution in [3.8, 4) is 0 Å². The van der Waals surface area contributed by atoms with Crippen molar-refractivity contribution in [2.24, 2.45) is 5.92 Å². The molecule has 21 heavy (non-hydrogen) atoms. The molecule has 0 amide bonds. The number of rotatable bonds is 4. The lowest BCUT2D eigenvalue weighted by atomic mass is 9.95. The lowest BCUT2D eigenvalue weighted by Gasteiger charge is -2.40. The second-order valence-corrected chi connectivity index (χ2v) is 6.62. The molecule has 2 saturated heterocycles. The normalized spacial score (nSPS) is 25.7. The van der Waals surface area contributed by atoms with E-state index in [0.29, 0.717) is 6.04 Å². The number of hydrogen-bond donors (Lipinski definition) is 1. The molecule has 0 saturated carbocycles. The van der Waals surface area contributed by atoms with Gasteiger partial charge in [-0.1, -0.05) is 0 Å². The maximum atomic E-state index is 5.39. The predicted octanol–water partition coefficient (Wildman–Crippen LogP) is 1.17. The molecule has 1 aromatic rings. The SMILES string of the molecule is c1c(N2CC(CNC3CCOC3)C2)nnc2c1CCCC2. The first-order chi connectivity index (χ1) is 10.4. The lowest BCUT2D eigenvalue weighted by Crippen LogP contribution is -2.52. The van der Waals surface area contributed by atoms with Crippen molar-refractivity contribution in [2.75, 3.05) is 37.7 Å². The Bertz CT molecular complexity index is 495. The summed E-state index contributed by atoms with van der Waals surface area (Å²) >= 11 is 0. The first-order valence-electron chi connectivity index (χ1n) is 8.30. The molecule has 0 aromatic carbocycles. The lowest BCUT2D eigenvalue weighted by molar-refractivity contribution is 0.188. The van der Waals surface area contributed by atoms with Crippen LogP contribution in [-0.4, -0.2) is 49.1 Å². The Kier molecular flexibility index (Phi) is 3.78. The molecular formula is C16H24N4O. The summed E-state index contributed by atoms with van der Waals surface area (Å²) in [5, 5.41) is 12.5. The number of anilines is 1. The highest BCUT2D eigenvalue weighted by atomic mass is 16.5. The van der Waals surface area contributed by atoms with Crippen LogP contribution in [-0.2, 0) is 17.6 Å². The molecule has 1 unspecified atom stereocenters. The van der Waals surface area contributed by atoms with Gasteiger partial charge >= 0.3 is 0 Å². The second-order valence-electron chi connectivity index (χ2n) is 6.62. The summed E-state index contributed by atoms with van der Waals surface area (Å²) in [7, 11) is 0. The molecule has 2 aliphatic heterocycles. The van der Waals surface area contributed by atoms with Gasteiger partial charge < -0.3 is 15.0 Å². The molecule has 1 N–H and O–H groups in total. The van der Waals surface area contributed by atoms with Crippen molar-refractivity contribution in [3.63, 3.8) is 0 Å². The number of ether oxygens (including phenoxy) is 1. The van der Waals surface area contributed by atoms with Gasteiger partial charge in [-0.3, -0.25) is 0 Å². The molecule has 3 aliphatic rings. The van der Waals surface area contributed by atoms with E-state index < -0.39 is 0 Å². The van der Waals surface area contributed by atoms with Gasteiger partial charge in [0.2, 0.25) is 0 Å². The van der Waals surface area contributed by atoms with Crippen molar-refractivity contribution in [2.45, 2.75) is 38.1 Å². The van der Waals surface area contributed by atoms with E-state index in [9.17, 15) is 0 Å². The average Bonchev–Trinajstić information content (AvgIpc) is 2.99. The molecule has 114 valence electrons. The largest absolute Gasteiger partial charge is 0.380 e. The monoisotopic (exact) mass is 288 g/mol. The Morgan fingerprint density at radius 1 is 1.24 bits per heavy atom. The molecule has 0 bridgehead atoms. The molecule has 1 aliphatic carbocycles. The van der Waals surface area contributed by atoms with Crippen LogP contribution in [0.3, 0.4) is 0 Å². The number of aryl methyl sites for hydroxylation is 2. The molecule has 5 nitrogen and oxygen atoms in total. The maximum absolute atomic E-state index is 5.39. The minimum atomic E-state index is 0.572. The summed E-state index contributed by atoms with van der Waals surface area (Å²) in [6.07, 6.45) is 6.02. The third-order valence-electron chi connectivity index (χ3n) is 4.96. The van der Waals surface area contributed by atoms with Gasteiger partial charge in [0.1, 0.15) is 0 Å². The Morgan fingerprint density at radius 2 is 2.14 bits per heavy atom. The topological polar surface area (TPSA) is 50.3 Å². The van der Waals surface area contributed by atoms with Gasteiger partial charge in [-0.05, 0) is 43.7 Å². The fourth-order valence-corrected chi connectivity index (χ4v) is 3.55. The third-order valence-corrected chi connectivity index (χ3v) is 4.96. The molecule has 4 rings (SSSR count). The zero-order chi connectivity index (χ0) is 14.1. The highest BCUT2D eigenvalue weighted by Gasteiger charge is 2.29. The standard InChI is InChI=1S/C16H24N4O/c1-2-4-15-13(3-1)7-16(19-18-15)20-9-12(10-20)8-17-14-5-6-21-11-14/h7,12,14,17H,1-6,8-11H2. The minimum Gasteiger partial charge on any atom is -0.380 e. The van der Waals surface area contributed by atoms with Crippen LogP contribution in [0.4, 0.5) is 5.82 Å². The second kappa shape index (κ2) is 5.89. The zero-order valence-corrected chi connectivity index (χ0v) is 12.6. The van der Waals surface area contributed by atoms with Gasteiger partial charge in [-0.25, -0.2) is 0 Å². The van der Waals surface area contributed by atoms with Gasteiger partial charge in [0, 0.05) is 38.2 Å². The van der Waals surface area contributed by atoms with Gasteiger partial charge in [0.25, 0.3) is 0 Å². The van der Waals surface area contributed by atoms with Crippen molar-refractivity contribution < 1.29 is 4.74 Å². The van der Waals surface area contributed by atoms with E-state index >= 15 is 0 Å². The van der Waals surface area contributed by atoms with Crippen molar-refractivity contribution in [1.29, 1.82) is 0 Å². The zero-order valence-electron chi connectivity index (χ0n) is 12.6. The van der Waals surface area contributed by atoms with E-state index in [1.54, 1.807) is 0 Å². The Morgan fingerprint density at radius 3 is 3.00 bits per heavy atom. The highest BCUT2D eigenvalue weighted by Crippen LogP contribution is 2.26. The van der Waals surface area contributed by atoms with E-state index in [0.717, 1.165) is 57.4 Å². The molecule has 2 fully saturated rings. The van der Waals surface area contributed by atoms with E-state index in [2.05, 4.69) is 26.5 Å². The summed E-state index contributed by atoms with van der Waals surface area (Å²) in [5.41, 5.74) is 2.65. The van der Waals surface area contributed by atoms with E-state index in [1.807, 2.05) is 0 Å². The quantitative estimate of drug-likeness (QED) is 0.901. The molecule has 3 heterocycles. The van der Waals surface area contributed by atoms with Gasteiger partial charge in [0.05, 0.1) is 12.3 Å². The van der Waals surface area contributed by atoms with Crippen molar-refractivity contribution in [3.05, 3.63) is 17.3 Å². The number of nitrogens with one attached hydrogen (secondary N) is 1. The molecule has 0 spiro atoms. The van der Waals surface area contributed by atoms with E-state index in [-0.39, 0.29) is 0 Å². The highest BCUT2D eigenvalue weighted by molar-refractivity contribution is 5.44. The van der Waals surface area contributed by atoms with Gasteiger partial charge in [-0.15, -0.1) is 5.10 Å². The van der Waals surface area contributed by atoms with Crippen LogP contribution in [0.2, 0.25) is 0 Å². The molecule has 1 atom stereocenters. The van der Waals surface area contributed by atoms with Crippen LogP contribution in [0.15, 0.2) is 6.07 Å². The molecule has 1 aromatic heterocycles. The molecule has 0 radical (unpaired) electrons. The predicted molar refractivity (Wildman–Crippen MR) is 81.6 cm³/mol. The summed E-state index contributed by atoms with van der Waals surface area (Å²) in [4.78, 5) is 2.36. The first kappa shape index (κ1) is 13.5. The number of fused-ring (bicyclic) bond motifs is 1. The summed E-state index contributed by atoms with van der Waals surface area (Å²) in [5.74, 6) is 1.82. The van der Waals surface area contributed by atoms with E-state index in [4.69, 9.17) is 4.74 Å². The van der Waals surface area contributed by atoms with Gasteiger partial charge in [0.15, 0.2) is 5.82 Å². The van der Waals surface area contributed by atoms with Crippen LogP contribution in [0.5, 0.6) is 0 Å². The smallest absolute Gasteiger partial charge is 0.151 e. The van der Waals surface area contributed by atoms with Crippen LogP contribution in [0.25, 0.3) is 0 Å². The van der Waals surface area contributed by atoms with Crippen LogP contribution >= 0.6 is 0 Å². The summed E-state index contributed by atoms with van der Waals surface area (Å²) in [6, 6.07) is 2.85.